The molecule has 8 aromatic rings. The molecule has 0 spiro atoms. The predicted molar refractivity (Wildman–Crippen MR) is 198 cm³/mol. The summed E-state index contributed by atoms with van der Waals surface area (Å²) in [4.78, 5) is 0. The molecular weight excluding hydrogens is 592 g/mol. The van der Waals surface area contributed by atoms with Gasteiger partial charge in [-0.1, -0.05) is 121 Å². The van der Waals surface area contributed by atoms with Crippen molar-refractivity contribution in [2.45, 2.75) is 0 Å². The van der Waals surface area contributed by atoms with E-state index >= 15 is 0 Å². The summed E-state index contributed by atoms with van der Waals surface area (Å²) < 4.78 is 12.5. The fraction of sp³-hybridized carbons (Fsp3) is 0.0909. The van der Waals surface area contributed by atoms with E-state index in [9.17, 15) is 10.2 Å². The highest BCUT2D eigenvalue weighted by Crippen LogP contribution is 2.48. The maximum absolute atomic E-state index is 9.78. The van der Waals surface area contributed by atoms with Crippen LogP contribution in [0.15, 0.2) is 146 Å². The molecule has 0 fully saturated rings. The fourth-order valence-electron chi connectivity index (χ4n) is 6.96. The predicted octanol–water partition coefficient (Wildman–Crippen LogP) is 10.0. The molecule has 234 valence electrons. The summed E-state index contributed by atoms with van der Waals surface area (Å²) in [6.07, 6.45) is 0. The van der Waals surface area contributed by atoms with Crippen LogP contribution in [0.25, 0.3) is 76.5 Å². The Morgan fingerprint density at radius 3 is 1.25 bits per heavy atom. The van der Waals surface area contributed by atoms with Crippen molar-refractivity contribution in [2.24, 2.45) is 0 Å². The number of hydrogen-bond donors (Lipinski definition) is 2. The summed E-state index contributed by atoms with van der Waals surface area (Å²) in [5, 5.41) is 28.5. The van der Waals surface area contributed by atoms with Crippen molar-refractivity contribution in [2.75, 3.05) is 26.4 Å². The molecule has 4 nitrogen and oxygen atoms in total. The maximum atomic E-state index is 9.78. The second-order valence-corrected chi connectivity index (χ2v) is 11.9. The van der Waals surface area contributed by atoms with Crippen LogP contribution < -0.4 is 9.47 Å². The van der Waals surface area contributed by atoms with Gasteiger partial charge in [-0.05, 0) is 89.6 Å². The van der Waals surface area contributed by atoms with E-state index < -0.39 is 0 Å². The minimum absolute atomic E-state index is 0.107. The molecule has 0 atom stereocenters. The van der Waals surface area contributed by atoms with Gasteiger partial charge < -0.3 is 19.7 Å². The largest absolute Gasteiger partial charge is 0.491 e. The van der Waals surface area contributed by atoms with Crippen LogP contribution in [-0.2, 0) is 0 Å². The molecule has 48 heavy (non-hydrogen) atoms. The smallest absolute Gasteiger partial charge is 0.128 e. The van der Waals surface area contributed by atoms with Gasteiger partial charge >= 0.3 is 0 Å². The maximum Gasteiger partial charge on any atom is 0.128 e. The first-order valence-corrected chi connectivity index (χ1v) is 16.3. The van der Waals surface area contributed by atoms with E-state index in [2.05, 4.69) is 133 Å². The lowest BCUT2D eigenvalue weighted by atomic mass is 9.87. The average molecular weight is 627 g/mol. The molecular formula is C44H34O4. The summed E-state index contributed by atoms with van der Waals surface area (Å²) in [6, 6.07) is 51.0. The zero-order chi connectivity index (χ0) is 32.5. The Hall–Kier alpha value is -5.68. The molecule has 0 unspecified atom stereocenters. The summed E-state index contributed by atoms with van der Waals surface area (Å²) in [5.41, 5.74) is 6.26. The molecule has 8 rings (SSSR count). The van der Waals surface area contributed by atoms with Crippen molar-refractivity contribution >= 4 is 43.1 Å². The Balaban J connectivity index is 1.41. The monoisotopic (exact) mass is 626 g/mol. The molecule has 0 radical (unpaired) electrons. The molecule has 8 aromatic carbocycles. The molecule has 0 aromatic heterocycles. The summed E-state index contributed by atoms with van der Waals surface area (Å²) in [5.74, 6) is 1.31. The van der Waals surface area contributed by atoms with Crippen LogP contribution in [-0.4, -0.2) is 36.6 Å². The number of fused-ring (bicyclic) bond motifs is 4. The highest BCUT2D eigenvalue weighted by atomic mass is 16.5. The van der Waals surface area contributed by atoms with Gasteiger partial charge in [-0.2, -0.15) is 0 Å². The minimum atomic E-state index is -0.107. The van der Waals surface area contributed by atoms with Crippen LogP contribution in [0.3, 0.4) is 0 Å². The molecule has 0 aliphatic rings. The zero-order valence-corrected chi connectivity index (χ0v) is 26.4. The van der Waals surface area contributed by atoms with Crippen LogP contribution in [0.4, 0.5) is 0 Å². The van der Waals surface area contributed by atoms with Crippen LogP contribution >= 0.6 is 0 Å². The standard InChI is InChI=1S/C44H34O4/c45-23-25-47-41-21-19-37-35(33-17-15-29-7-1-3-9-31(29)27-33)11-5-13-39(37)43(41)44-40-14-6-12-36(38(40)20-22-42(44)48-26-24-46)34-18-16-30-8-2-4-10-32(30)28-34/h1-22,27-28,45-46H,23-26H2. The topological polar surface area (TPSA) is 58.9 Å². The van der Waals surface area contributed by atoms with Crippen molar-refractivity contribution in [3.8, 4) is 44.9 Å². The van der Waals surface area contributed by atoms with Gasteiger partial charge in [0.15, 0.2) is 0 Å². The number of rotatable bonds is 9. The van der Waals surface area contributed by atoms with Gasteiger partial charge in [0.25, 0.3) is 0 Å². The number of benzene rings is 8. The normalized spacial score (nSPS) is 11.5. The Morgan fingerprint density at radius 2 is 0.812 bits per heavy atom. The third kappa shape index (κ3) is 5.31. The van der Waals surface area contributed by atoms with Crippen LogP contribution in [0.2, 0.25) is 0 Å². The molecule has 2 N–H and O–H groups in total. The first-order valence-electron chi connectivity index (χ1n) is 16.3. The lowest BCUT2D eigenvalue weighted by Crippen LogP contribution is -2.06. The van der Waals surface area contributed by atoms with E-state index in [4.69, 9.17) is 9.47 Å². The van der Waals surface area contributed by atoms with E-state index in [-0.39, 0.29) is 26.4 Å². The quantitative estimate of drug-likeness (QED) is 0.167. The highest BCUT2D eigenvalue weighted by molar-refractivity contribution is 6.15. The molecule has 0 aliphatic carbocycles. The van der Waals surface area contributed by atoms with Crippen molar-refractivity contribution in [3.63, 3.8) is 0 Å². The summed E-state index contributed by atoms with van der Waals surface area (Å²) >= 11 is 0. The number of hydrogen-bond acceptors (Lipinski definition) is 4. The van der Waals surface area contributed by atoms with E-state index in [0.29, 0.717) is 11.5 Å². The van der Waals surface area contributed by atoms with Crippen LogP contribution in [0.1, 0.15) is 0 Å². The van der Waals surface area contributed by atoms with Crippen molar-refractivity contribution in [1.29, 1.82) is 0 Å². The van der Waals surface area contributed by atoms with Gasteiger partial charge in [-0.3, -0.25) is 0 Å². The lowest BCUT2D eigenvalue weighted by molar-refractivity contribution is 0.200. The second-order valence-electron chi connectivity index (χ2n) is 11.9. The van der Waals surface area contributed by atoms with E-state index in [0.717, 1.165) is 54.9 Å². The molecule has 0 saturated heterocycles. The first-order chi connectivity index (χ1) is 23.7. The Morgan fingerprint density at radius 1 is 0.375 bits per heavy atom. The minimum Gasteiger partial charge on any atom is -0.491 e. The number of aliphatic hydroxyl groups is 2. The third-order valence-electron chi connectivity index (χ3n) is 9.12. The Kier molecular flexibility index (Phi) is 7.95. The van der Waals surface area contributed by atoms with Gasteiger partial charge in [0, 0.05) is 11.1 Å². The van der Waals surface area contributed by atoms with Crippen molar-refractivity contribution in [3.05, 3.63) is 146 Å². The molecule has 0 bridgehead atoms. The first kappa shape index (κ1) is 29.7. The molecule has 4 heteroatoms. The average Bonchev–Trinajstić information content (AvgIpc) is 3.15. The van der Waals surface area contributed by atoms with Crippen molar-refractivity contribution < 1.29 is 19.7 Å². The molecule has 0 aliphatic heterocycles. The van der Waals surface area contributed by atoms with E-state index in [1.165, 1.54) is 21.5 Å². The molecule has 0 amide bonds. The summed E-state index contributed by atoms with van der Waals surface area (Å²) in [7, 11) is 0. The lowest BCUT2D eigenvalue weighted by Gasteiger charge is -2.21. The van der Waals surface area contributed by atoms with Gasteiger partial charge in [0.2, 0.25) is 0 Å². The van der Waals surface area contributed by atoms with Crippen molar-refractivity contribution in [1.82, 2.24) is 0 Å². The van der Waals surface area contributed by atoms with Gasteiger partial charge in [-0.25, -0.2) is 0 Å². The van der Waals surface area contributed by atoms with Gasteiger partial charge in [0.05, 0.1) is 13.2 Å². The highest BCUT2D eigenvalue weighted by Gasteiger charge is 2.22. The third-order valence-corrected chi connectivity index (χ3v) is 9.12. The Labute approximate surface area is 279 Å². The fourth-order valence-corrected chi connectivity index (χ4v) is 6.96. The number of aliphatic hydroxyl groups excluding tert-OH is 2. The van der Waals surface area contributed by atoms with E-state index in [1.54, 1.807) is 0 Å². The zero-order valence-electron chi connectivity index (χ0n) is 26.4. The van der Waals surface area contributed by atoms with Gasteiger partial charge in [0.1, 0.15) is 24.7 Å². The SMILES string of the molecule is OCCOc1ccc2c(-c3ccc4ccccc4c3)cccc2c1-c1c(OCCO)ccc2c(-c3ccc4ccccc4c3)cccc12. The second kappa shape index (κ2) is 12.8. The van der Waals surface area contributed by atoms with Crippen LogP contribution in [0, 0.1) is 0 Å². The van der Waals surface area contributed by atoms with Gasteiger partial charge in [-0.15, -0.1) is 0 Å². The molecule has 0 heterocycles. The van der Waals surface area contributed by atoms with E-state index in [1.807, 2.05) is 12.1 Å². The Bertz CT molecular complexity index is 2270. The molecule has 0 saturated carbocycles. The van der Waals surface area contributed by atoms with Crippen LogP contribution in [0.5, 0.6) is 11.5 Å². The summed E-state index contributed by atoms with van der Waals surface area (Å²) in [6.45, 7) is 0.0971. The number of ether oxygens (including phenoxy) is 2.